The molecule has 1 unspecified atom stereocenters. The topological polar surface area (TPSA) is 88.8 Å². The Morgan fingerprint density at radius 2 is 1.78 bits per heavy atom. The molecule has 2 aromatic rings. The predicted molar refractivity (Wildman–Crippen MR) is 105 cm³/mol. The first-order valence-corrected chi connectivity index (χ1v) is 9.45. The van der Waals surface area contributed by atoms with Gasteiger partial charge in [0.2, 0.25) is 11.8 Å². The number of nitrogens with zero attached hydrogens (tertiary/aromatic N) is 3. The molecule has 1 aliphatic rings. The van der Waals surface area contributed by atoms with E-state index < -0.39 is 0 Å². The average molecular weight is 433 g/mol. The first-order valence-electron chi connectivity index (χ1n) is 8.66. The van der Waals surface area contributed by atoms with E-state index in [1.165, 1.54) is 6.20 Å². The minimum atomic E-state index is -0.347. The maximum atomic E-state index is 12.6. The Kier molecular flexibility index (Phi) is 6.08. The molecule has 1 saturated heterocycles. The van der Waals surface area contributed by atoms with Crippen LogP contribution in [-0.4, -0.2) is 58.8 Å². The van der Waals surface area contributed by atoms with Gasteiger partial charge < -0.3 is 15.4 Å². The maximum Gasteiger partial charge on any atom is 0.255 e. The number of halogens is 1. The normalized spacial score (nSPS) is 16.0. The van der Waals surface area contributed by atoms with Crippen molar-refractivity contribution < 1.29 is 14.3 Å². The number of rotatable bonds is 5. The Morgan fingerprint density at radius 3 is 2.33 bits per heavy atom. The number of aromatic nitrogens is 1. The molecule has 142 valence electrons. The number of benzene rings is 1. The standard InChI is InChI=1S/C19H21BrN4O3/c1-13(18(21)25)23-8-10-24(11-9-23)19(26)14-2-7-17(22-12-14)27-16-5-3-15(20)4-6-16/h2-7,12-13H,8-11H2,1H3,(H2,21,25). The van der Waals surface area contributed by atoms with Crippen LogP contribution in [0.1, 0.15) is 17.3 Å². The fourth-order valence-corrected chi connectivity index (χ4v) is 3.13. The van der Waals surface area contributed by atoms with Gasteiger partial charge in [-0.3, -0.25) is 14.5 Å². The van der Waals surface area contributed by atoms with E-state index in [9.17, 15) is 9.59 Å². The summed E-state index contributed by atoms with van der Waals surface area (Å²) in [7, 11) is 0. The fourth-order valence-electron chi connectivity index (χ4n) is 2.87. The van der Waals surface area contributed by atoms with E-state index in [0.29, 0.717) is 43.4 Å². The zero-order valence-corrected chi connectivity index (χ0v) is 16.6. The van der Waals surface area contributed by atoms with Crippen molar-refractivity contribution in [1.29, 1.82) is 0 Å². The second-order valence-electron chi connectivity index (χ2n) is 6.35. The summed E-state index contributed by atoms with van der Waals surface area (Å²) < 4.78 is 6.64. The number of nitrogens with two attached hydrogens (primary N) is 1. The van der Waals surface area contributed by atoms with Gasteiger partial charge in [0, 0.05) is 42.9 Å². The van der Waals surface area contributed by atoms with Gasteiger partial charge in [0.15, 0.2) is 0 Å². The summed E-state index contributed by atoms with van der Waals surface area (Å²) in [4.78, 5) is 31.9. The summed E-state index contributed by atoms with van der Waals surface area (Å²) in [5, 5.41) is 0. The smallest absolute Gasteiger partial charge is 0.255 e. The van der Waals surface area contributed by atoms with E-state index in [4.69, 9.17) is 10.5 Å². The van der Waals surface area contributed by atoms with Crippen molar-refractivity contribution in [3.05, 3.63) is 52.6 Å². The van der Waals surface area contributed by atoms with Gasteiger partial charge in [0.25, 0.3) is 5.91 Å². The van der Waals surface area contributed by atoms with Crippen LogP contribution in [0.15, 0.2) is 47.1 Å². The van der Waals surface area contributed by atoms with Gasteiger partial charge in [-0.1, -0.05) is 15.9 Å². The van der Waals surface area contributed by atoms with Crippen LogP contribution in [0.4, 0.5) is 0 Å². The van der Waals surface area contributed by atoms with E-state index >= 15 is 0 Å². The van der Waals surface area contributed by atoms with Crippen LogP contribution < -0.4 is 10.5 Å². The molecule has 2 N–H and O–H groups in total. The van der Waals surface area contributed by atoms with E-state index in [-0.39, 0.29) is 17.9 Å². The van der Waals surface area contributed by atoms with Crippen molar-refractivity contribution in [3.8, 4) is 11.6 Å². The Balaban J connectivity index is 1.58. The van der Waals surface area contributed by atoms with Gasteiger partial charge in [-0.2, -0.15) is 0 Å². The van der Waals surface area contributed by atoms with Crippen molar-refractivity contribution in [3.63, 3.8) is 0 Å². The first kappa shape index (κ1) is 19.3. The average Bonchev–Trinajstić information content (AvgIpc) is 2.69. The van der Waals surface area contributed by atoms with E-state index in [0.717, 1.165) is 4.47 Å². The van der Waals surface area contributed by atoms with Crippen molar-refractivity contribution in [2.45, 2.75) is 13.0 Å². The Hall–Kier alpha value is -2.45. The molecule has 7 nitrogen and oxygen atoms in total. The highest BCUT2D eigenvalue weighted by Gasteiger charge is 2.26. The highest BCUT2D eigenvalue weighted by Crippen LogP contribution is 2.22. The monoisotopic (exact) mass is 432 g/mol. The molecule has 2 heterocycles. The number of piperazine rings is 1. The molecule has 0 saturated carbocycles. The van der Waals surface area contributed by atoms with Crippen molar-refractivity contribution in [2.75, 3.05) is 26.2 Å². The molecule has 3 rings (SSSR count). The lowest BCUT2D eigenvalue weighted by Gasteiger charge is -2.36. The number of primary amides is 1. The molecular weight excluding hydrogens is 412 g/mol. The van der Waals surface area contributed by atoms with Crippen molar-refractivity contribution >= 4 is 27.7 Å². The molecule has 27 heavy (non-hydrogen) atoms. The molecule has 1 aromatic heterocycles. The molecule has 0 bridgehead atoms. The molecule has 8 heteroatoms. The molecule has 0 spiro atoms. The summed E-state index contributed by atoms with van der Waals surface area (Å²) in [5.41, 5.74) is 5.85. The second-order valence-corrected chi connectivity index (χ2v) is 7.26. The molecule has 1 aliphatic heterocycles. The van der Waals surface area contributed by atoms with Gasteiger partial charge in [0.05, 0.1) is 11.6 Å². The van der Waals surface area contributed by atoms with Crippen LogP contribution in [0.5, 0.6) is 11.6 Å². The van der Waals surface area contributed by atoms with Crippen LogP contribution in [0.2, 0.25) is 0 Å². The number of pyridine rings is 1. The zero-order valence-electron chi connectivity index (χ0n) is 15.0. The highest BCUT2D eigenvalue weighted by atomic mass is 79.9. The Morgan fingerprint density at radius 1 is 1.11 bits per heavy atom. The van der Waals surface area contributed by atoms with Gasteiger partial charge >= 0.3 is 0 Å². The lowest BCUT2D eigenvalue weighted by molar-refractivity contribution is -0.123. The third-order valence-corrected chi connectivity index (χ3v) is 5.11. The number of hydrogen-bond donors (Lipinski definition) is 1. The minimum absolute atomic E-state index is 0.0796. The third-order valence-electron chi connectivity index (χ3n) is 4.58. The maximum absolute atomic E-state index is 12.6. The van der Waals surface area contributed by atoms with Gasteiger partial charge in [-0.05, 0) is 37.3 Å². The number of carbonyl (C=O) groups excluding carboxylic acids is 2. The molecule has 1 aromatic carbocycles. The summed E-state index contributed by atoms with van der Waals surface area (Å²) in [6.45, 7) is 4.12. The minimum Gasteiger partial charge on any atom is -0.439 e. The van der Waals surface area contributed by atoms with Crippen molar-refractivity contribution in [1.82, 2.24) is 14.8 Å². The first-order chi connectivity index (χ1) is 12.9. The Labute approximate surface area is 166 Å². The lowest BCUT2D eigenvalue weighted by atomic mass is 10.2. The quantitative estimate of drug-likeness (QED) is 0.782. The van der Waals surface area contributed by atoms with E-state index in [1.54, 1.807) is 24.0 Å². The molecule has 1 fully saturated rings. The third kappa shape index (κ3) is 4.84. The second kappa shape index (κ2) is 8.49. The molecule has 1 atom stereocenters. The number of ether oxygens (including phenoxy) is 1. The van der Waals surface area contributed by atoms with E-state index in [1.807, 2.05) is 29.2 Å². The summed E-state index contributed by atoms with van der Waals surface area (Å²) in [6, 6.07) is 10.5. The van der Waals surface area contributed by atoms with Crippen LogP contribution in [0, 0.1) is 0 Å². The van der Waals surface area contributed by atoms with Crippen LogP contribution in [0.3, 0.4) is 0 Å². The highest BCUT2D eigenvalue weighted by molar-refractivity contribution is 9.10. The number of amides is 2. The fraction of sp³-hybridized carbons (Fsp3) is 0.316. The predicted octanol–water partition coefficient (Wildman–Crippen LogP) is 2.27. The summed E-state index contributed by atoms with van der Waals surface area (Å²) in [5.74, 6) is 0.669. The van der Waals surface area contributed by atoms with Gasteiger partial charge in [-0.15, -0.1) is 0 Å². The summed E-state index contributed by atoms with van der Waals surface area (Å²) in [6.07, 6.45) is 1.52. The van der Waals surface area contributed by atoms with Crippen LogP contribution >= 0.6 is 15.9 Å². The molecular formula is C19H21BrN4O3. The molecule has 2 amide bonds. The Bertz CT molecular complexity index is 803. The molecule has 0 radical (unpaired) electrons. The number of hydrogen-bond acceptors (Lipinski definition) is 5. The van der Waals surface area contributed by atoms with Crippen LogP contribution in [-0.2, 0) is 4.79 Å². The van der Waals surface area contributed by atoms with Gasteiger partial charge in [-0.25, -0.2) is 4.98 Å². The van der Waals surface area contributed by atoms with Crippen LogP contribution in [0.25, 0.3) is 0 Å². The number of carbonyl (C=O) groups is 2. The SMILES string of the molecule is CC(C(N)=O)N1CCN(C(=O)c2ccc(Oc3ccc(Br)cc3)nc2)CC1. The van der Waals surface area contributed by atoms with E-state index in [2.05, 4.69) is 20.9 Å². The lowest BCUT2D eigenvalue weighted by Crippen LogP contribution is -2.54. The van der Waals surface area contributed by atoms with Gasteiger partial charge in [0.1, 0.15) is 5.75 Å². The molecule has 0 aliphatic carbocycles. The van der Waals surface area contributed by atoms with Crippen molar-refractivity contribution in [2.24, 2.45) is 5.73 Å². The zero-order chi connectivity index (χ0) is 19.4. The largest absolute Gasteiger partial charge is 0.439 e. The summed E-state index contributed by atoms with van der Waals surface area (Å²) >= 11 is 3.37.